The first kappa shape index (κ1) is 13.6. The number of nitrogens with zero attached hydrogens (tertiary/aromatic N) is 2. The van der Waals surface area contributed by atoms with Crippen molar-refractivity contribution in [2.24, 2.45) is 0 Å². The van der Waals surface area contributed by atoms with Crippen LogP contribution in [0.25, 0.3) is 0 Å². The molecule has 92 valence electrons. The van der Waals surface area contributed by atoms with Crippen LogP contribution in [0.15, 0.2) is 6.20 Å². The number of unbranched alkanes of at least 4 members (excludes halogenated alkanes) is 6. The van der Waals surface area contributed by atoms with Gasteiger partial charge in [0.05, 0.1) is 17.2 Å². The zero-order valence-corrected chi connectivity index (χ0v) is 10.9. The van der Waals surface area contributed by atoms with Gasteiger partial charge in [-0.25, -0.2) is 0 Å². The number of aromatic nitrogens is 2. The van der Waals surface area contributed by atoms with Crippen molar-refractivity contribution in [3.8, 4) is 0 Å². The van der Waals surface area contributed by atoms with Crippen LogP contribution in [-0.4, -0.2) is 14.7 Å². The Morgan fingerprint density at radius 3 is 2.50 bits per heavy atom. The largest absolute Gasteiger partial charge is 0.387 e. The van der Waals surface area contributed by atoms with Crippen LogP contribution < -0.4 is 0 Å². The molecule has 4 heteroatoms. The second-order valence-corrected chi connectivity index (χ2v) is 5.06. The van der Waals surface area contributed by atoms with Crippen LogP contribution in [0, 0.1) is 0 Å². The van der Waals surface area contributed by atoms with Gasteiger partial charge in [-0.05, 0) is 18.0 Å². The Morgan fingerprint density at radius 1 is 1.19 bits per heavy atom. The van der Waals surface area contributed by atoms with Gasteiger partial charge in [-0.15, -0.1) is 5.10 Å². The van der Waals surface area contributed by atoms with Gasteiger partial charge >= 0.3 is 0 Å². The van der Waals surface area contributed by atoms with Gasteiger partial charge < -0.3 is 5.11 Å². The van der Waals surface area contributed by atoms with E-state index in [-0.39, 0.29) is 6.10 Å². The fraction of sp³-hybridized carbons (Fsp3) is 0.833. The molecule has 3 nitrogen and oxygen atoms in total. The molecule has 0 saturated heterocycles. The van der Waals surface area contributed by atoms with E-state index in [0.29, 0.717) is 0 Å². The van der Waals surface area contributed by atoms with Gasteiger partial charge in [0.25, 0.3) is 0 Å². The summed E-state index contributed by atoms with van der Waals surface area (Å²) in [6.07, 6.45) is 11.1. The summed E-state index contributed by atoms with van der Waals surface area (Å²) >= 11 is 1.29. The Bertz CT molecular complexity index is 252. The maximum atomic E-state index is 9.78. The van der Waals surface area contributed by atoms with Crippen molar-refractivity contribution in [1.82, 2.24) is 9.59 Å². The predicted octanol–water partition coefficient (Wildman–Crippen LogP) is 3.71. The third-order valence-electron chi connectivity index (χ3n) is 2.79. The Labute approximate surface area is 102 Å². The van der Waals surface area contributed by atoms with Gasteiger partial charge in [0.1, 0.15) is 0 Å². The first-order chi connectivity index (χ1) is 7.84. The van der Waals surface area contributed by atoms with Crippen molar-refractivity contribution in [2.45, 2.75) is 64.4 Å². The van der Waals surface area contributed by atoms with Crippen LogP contribution in [0.2, 0.25) is 0 Å². The molecule has 0 aliphatic heterocycles. The molecule has 16 heavy (non-hydrogen) atoms. The van der Waals surface area contributed by atoms with Crippen molar-refractivity contribution in [3.63, 3.8) is 0 Å². The molecule has 0 saturated carbocycles. The van der Waals surface area contributed by atoms with Crippen molar-refractivity contribution >= 4 is 11.5 Å². The zero-order valence-electron chi connectivity index (χ0n) is 10.1. The Hall–Kier alpha value is -0.480. The third kappa shape index (κ3) is 5.56. The van der Waals surface area contributed by atoms with E-state index >= 15 is 0 Å². The summed E-state index contributed by atoms with van der Waals surface area (Å²) in [5.41, 5.74) is 0. The summed E-state index contributed by atoms with van der Waals surface area (Å²) in [4.78, 5) is 0.894. The molecular weight excluding hydrogens is 220 g/mol. The molecule has 0 aliphatic carbocycles. The van der Waals surface area contributed by atoms with Crippen LogP contribution in [0.1, 0.15) is 69.3 Å². The molecular formula is C12H22N2OS. The van der Waals surface area contributed by atoms with Crippen molar-refractivity contribution in [1.29, 1.82) is 0 Å². The van der Waals surface area contributed by atoms with Gasteiger partial charge in [-0.2, -0.15) is 0 Å². The molecule has 1 aromatic rings. The van der Waals surface area contributed by atoms with Crippen LogP contribution in [0.5, 0.6) is 0 Å². The highest BCUT2D eigenvalue weighted by atomic mass is 32.1. The Balaban J connectivity index is 1.95. The SMILES string of the molecule is CCCCCCCCCC(O)c1cnns1. The molecule has 1 rings (SSSR count). The van der Waals surface area contributed by atoms with Crippen LogP contribution in [-0.2, 0) is 0 Å². The van der Waals surface area contributed by atoms with E-state index < -0.39 is 0 Å². The van der Waals surface area contributed by atoms with E-state index in [0.717, 1.165) is 17.7 Å². The summed E-state index contributed by atoms with van der Waals surface area (Å²) in [7, 11) is 0. The van der Waals surface area contributed by atoms with E-state index in [9.17, 15) is 5.11 Å². The zero-order chi connectivity index (χ0) is 11.6. The second-order valence-electron chi connectivity index (χ2n) is 4.25. The van der Waals surface area contributed by atoms with Gasteiger partial charge in [0.2, 0.25) is 0 Å². The number of hydrogen-bond acceptors (Lipinski definition) is 4. The lowest BCUT2D eigenvalue weighted by molar-refractivity contribution is 0.167. The Morgan fingerprint density at radius 2 is 1.88 bits per heavy atom. The molecule has 0 aliphatic rings. The maximum absolute atomic E-state index is 9.78. The molecule has 1 atom stereocenters. The summed E-state index contributed by atoms with van der Waals surface area (Å²) in [6.45, 7) is 2.24. The minimum atomic E-state index is -0.351. The summed E-state index contributed by atoms with van der Waals surface area (Å²) in [6, 6.07) is 0. The fourth-order valence-electron chi connectivity index (χ4n) is 1.76. The highest BCUT2D eigenvalue weighted by molar-refractivity contribution is 7.05. The molecule has 1 heterocycles. The van der Waals surface area contributed by atoms with Crippen LogP contribution in [0.3, 0.4) is 0 Å². The topological polar surface area (TPSA) is 46.0 Å². The summed E-state index contributed by atoms with van der Waals surface area (Å²) in [5, 5.41) is 13.5. The van der Waals surface area contributed by atoms with E-state index in [1.54, 1.807) is 6.20 Å². The molecule has 0 bridgehead atoms. The van der Waals surface area contributed by atoms with Crippen LogP contribution >= 0.6 is 11.5 Å². The normalized spacial score (nSPS) is 12.9. The number of aliphatic hydroxyl groups is 1. The molecule has 0 radical (unpaired) electrons. The molecule has 0 fully saturated rings. The predicted molar refractivity (Wildman–Crippen MR) is 67.5 cm³/mol. The lowest BCUT2D eigenvalue weighted by atomic mass is 10.1. The summed E-state index contributed by atoms with van der Waals surface area (Å²) in [5.74, 6) is 0. The van der Waals surface area contributed by atoms with Gasteiger partial charge in [0, 0.05) is 0 Å². The molecule has 0 aromatic carbocycles. The highest BCUT2D eigenvalue weighted by Gasteiger charge is 2.08. The molecule has 0 spiro atoms. The monoisotopic (exact) mass is 242 g/mol. The third-order valence-corrected chi connectivity index (χ3v) is 3.55. The minimum Gasteiger partial charge on any atom is -0.387 e. The van der Waals surface area contributed by atoms with E-state index in [4.69, 9.17) is 0 Å². The van der Waals surface area contributed by atoms with E-state index in [2.05, 4.69) is 16.5 Å². The molecule has 1 N–H and O–H groups in total. The van der Waals surface area contributed by atoms with Crippen molar-refractivity contribution in [3.05, 3.63) is 11.1 Å². The van der Waals surface area contributed by atoms with E-state index in [1.165, 1.54) is 50.1 Å². The fourth-order valence-corrected chi connectivity index (χ4v) is 2.28. The van der Waals surface area contributed by atoms with Crippen molar-refractivity contribution in [2.75, 3.05) is 0 Å². The molecule has 0 amide bonds. The number of aliphatic hydroxyl groups excluding tert-OH is 1. The molecule has 1 unspecified atom stereocenters. The lowest BCUT2D eigenvalue weighted by Gasteiger charge is -2.06. The standard InChI is InChI=1S/C12H22N2OS/c1-2-3-4-5-6-7-8-9-11(15)12-10-13-14-16-12/h10-11,15H,2-9H2,1H3. The smallest absolute Gasteiger partial charge is 0.0914 e. The first-order valence-electron chi connectivity index (χ1n) is 6.30. The van der Waals surface area contributed by atoms with Gasteiger partial charge in [-0.3, -0.25) is 0 Å². The first-order valence-corrected chi connectivity index (χ1v) is 7.07. The highest BCUT2D eigenvalue weighted by Crippen LogP contribution is 2.21. The quantitative estimate of drug-likeness (QED) is 0.671. The number of rotatable bonds is 9. The van der Waals surface area contributed by atoms with Crippen molar-refractivity contribution < 1.29 is 5.11 Å². The minimum absolute atomic E-state index is 0.351. The average Bonchev–Trinajstić information content (AvgIpc) is 2.81. The van der Waals surface area contributed by atoms with E-state index in [1.807, 2.05) is 0 Å². The number of hydrogen-bond donors (Lipinski definition) is 1. The van der Waals surface area contributed by atoms with Gasteiger partial charge in [-0.1, -0.05) is 56.4 Å². The Kier molecular flexibility index (Phi) is 7.34. The van der Waals surface area contributed by atoms with Gasteiger partial charge in [0.15, 0.2) is 0 Å². The maximum Gasteiger partial charge on any atom is 0.0914 e. The lowest BCUT2D eigenvalue weighted by Crippen LogP contribution is -1.94. The average molecular weight is 242 g/mol. The summed E-state index contributed by atoms with van der Waals surface area (Å²) < 4.78 is 3.75. The molecule has 1 aromatic heterocycles. The van der Waals surface area contributed by atoms with Crippen LogP contribution in [0.4, 0.5) is 0 Å². The second kappa shape index (κ2) is 8.65.